The van der Waals surface area contributed by atoms with Gasteiger partial charge in [0.05, 0.1) is 29.5 Å². The molecule has 5 aliphatic rings. The van der Waals surface area contributed by atoms with E-state index < -0.39 is 23.8 Å². The maximum atomic E-state index is 13.3. The number of amides is 4. The summed E-state index contributed by atoms with van der Waals surface area (Å²) in [4.78, 5) is 73.0. The molecule has 5 aliphatic heterocycles. The van der Waals surface area contributed by atoms with Crippen LogP contribution in [0, 0.1) is 0 Å². The quantitative estimate of drug-likeness (QED) is 0.201. The molecule has 3 fully saturated rings. The highest BCUT2D eigenvalue weighted by Crippen LogP contribution is 2.33. The van der Waals surface area contributed by atoms with Crippen molar-refractivity contribution in [3.63, 3.8) is 0 Å². The van der Waals surface area contributed by atoms with Gasteiger partial charge in [-0.15, -0.1) is 0 Å². The summed E-state index contributed by atoms with van der Waals surface area (Å²) >= 11 is 0. The molecule has 0 radical (unpaired) electrons. The molecular weight excluding hydrogens is 737 g/mol. The van der Waals surface area contributed by atoms with Gasteiger partial charge in [-0.05, 0) is 83.0 Å². The molecule has 0 spiro atoms. The molecule has 0 aliphatic carbocycles. The molecule has 15 nitrogen and oxygen atoms in total. The van der Waals surface area contributed by atoms with Crippen LogP contribution in [0.1, 0.15) is 66.3 Å². The van der Waals surface area contributed by atoms with Crippen LogP contribution in [0.15, 0.2) is 48.8 Å². The first-order valence-corrected chi connectivity index (χ1v) is 20.8. The zero-order valence-corrected chi connectivity index (χ0v) is 34.1. The third-order valence-electron chi connectivity index (χ3n) is 12.1. The van der Waals surface area contributed by atoms with Crippen LogP contribution < -0.4 is 24.4 Å². The van der Waals surface area contributed by atoms with Crippen LogP contribution in [0.4, 0.5) is 23.0 Å². The van der Waals surface area contributed by atoms with Gasteiger partial charge in [0, 0.05) is 95.1 Å². The molecule has 1 aromatic heterocycles. The first-order valence-electron chi connectivity index (χ1n) is 20.8. The van der Waals surface area contributed by atoms with Crippen LogP contribution in [0.5, 0.6) is 5.75 Å². The van der Waals surface area contributed by atoms with Crippen molar-refractivity contribution in [3.05, 3.63) is 65.5 Å². The fraction of sp³-hybridized carbons (Fsp3) is 0.512. The number of fused-ring (bicyclic) bond motifs is 2. The van der Waals surface area contributed by atoms with E-state index in [0.717, 1.165) is 118 Å². The monoisotopic (exact) mass is 791 g/mol. The molecule has 3 saturated heterocycles. The maximum Gasteiger partial charge on any atom is 0.333 e. The third-order valence-corrected chi connectivity index (χ3v) is 12.1. The van der Waals surface area contributed by atoms with Gasteiger partial charge in [-0.2, -0.15) is 9.56 Å². The minimum absolute atomic E-state index is 0.104. The van der Waals surface area contributed by atoms with Crippen LogP contribution in [-0.2, 0) is 16.0 Å². The van der Waals surface area contributed by atoms with Gasteiger partial charge in [0.25, 0.3) is 11.8 Å². The molecular formula is C43H55N10O5+. The molecule has 1 unspecified atom stereocenters. The molecule has 2 atom stereocenters. The van der Waals surface area contributed by atoms with E-state index in [2.05, 4.69) is 82.7 Å². The van der Waals surface area contributed by atoms with E-state index in [1.807, 2.05) is 26.0 Å². The number of nitrogens with zero attached hydrogens (tertiary/aromatic N) is 9. The summed E-state index contributed by atoms with van der Waals surface area (Å²) in [6.45, 7) is 16.8. The van der Waals surface area contributed by atoms with Gasteiger partial charge in [-0.1, -0.05) is 6.07 Å². The number of carbonyl (C=O) groups excluding carboxylic acids is 4. The summed E-state index contributed by atoms with van der Waals surface area (Å²) in [5.41, 5.74) is 3.91. The number of hydrogen-bond donors (Lipinski definition) is 1. The molecule has 6 heterocycles. The molecule has 4 amide bonds. The maximum absolute atomic E-state index is 13.3. The van der Waals surface area contributed by atoms with Crippen molar-refractivity contribution in [2.24, 2.45) is 0 Å². The SMILES string of the molecule is CC(C)Oc1ccc2c(c1)[N+](c1cc(N3CCN(CCN(C)CCCN4CCN(c5ccc6c(c5)C(=O)N(C5CCC(=O)NC5=O)C6=O)CC4)[C@@H](C)C3)ncn1)=CC2. The average Bonchev–Trinajstić information content (AvgIpc) is 3.74. The van der Waals surface area contributed by atoms with Crippen LogP contribution in [-0.4, -0.2) is 157 Å². The Morgan fingerprint density at radius 2 is 1.69 bits per heavy atom. The Bertz CT molecular complexity index is 2100. The van der Waals surface area contributed by atoms with Crippen molar-refractivity contribution in [3.8, 4) is 5.75 Å². The van der Waals surface area contributed by atoms with Crippen LogP contribution >= 0.6 is 0 Å². The Morgan fingerprint density at radius 3 is 2.47 bits per heavy atom. The van der Waals surface area contributed by atoms with E-state index >= 15 is 0 Å². The summed E-state index contributed by atoms with van der Waals surface area (Å²) < 4.78 is 8.13. The summed E-state index contributed by atoms with van der Waals surface area (Å²) in [6.07, 6.45) is 6.19. The molecule has 1 N–H and O–H groups in total. The number of rotatable bonds is 13. The number of ether oxygens (including phenoxy) is 1. The zero-order chi connectivity index (χ0) is 40.5. The lowest BCUT2D eigenvalue weighted by atomic mass is 10.0. The molecule has 2 aromatic carbocycles. The summed E-state index contributed by atoms with van der Waals surface area (Å²) in [7, 11) is 2.22. The van der Waals surface area contributed by atoms with E-state index in [1.54, 1.807) is 18.5 Å². The van der Waals surface area contributed by atoms with Crippen molar-refractivity contribution < 1.29 is 23.9 Å². The Labute approximate surface area is 340 Å². The highest BCUT2D eigenvalue weighted by Gasteiger charge is 2.45. The molecule has 15 heteroatoms. The van der Waals surface area contributed by atoms with Gasteiger partial charge >= 0.3 is 5.82 Å². The van der Waals surface area contributed by atoms with Gasteiger partial charge in [0.1, 0.15) is 23.3 Å². The average molecular weight is 792 g/mol. The third kappa shape index (κ3) is 8.34. The Morgan fingerprint density at radius 1 is 0.897 bits per heavy atom. The van der Waals surface area contributed by atoms with E-state index in [-0.39, 0.29) is 24.9 Å². The van der Waals surface area contributed by atoms with Crippen LogP contribution in [0.25, 0.3) is 0 Å². The van der Waals surface area contributed by atoms with E-state index in [4.69, 9.17) is 4.74 Å². The number of nitrogens with one attached hydrogen (secondary N) is 1. The molecule has 3 aromatic rings. The second-order valence-corrected chi connectivity index (χ2v) is 16.4. The van der Waals surface area contributed by atoms with Gasteiger partial charge in [-0.3, -0.25) is 39.2 Å². The minimum Gasteiger partial charge on any atom is -0.491 e. The standard InChI is InChI=1S/C43H54N10O5/c1-29(2)58-33-8-6-31-12-15-52(37(31)25-33)39-26-38(44-28-45-39)51-23-22-49(30(3)27-51)19-16-47(4)13-5-14-48-17-20-50(21-18-48)32-7-9-34-35(24-32)43(57)53(42(34)56)36-10-11-40(54)46-41(36)55/h6-9,15,24-26,28-30,36H,5,10-14,16-23,27H2,1-4H3/p+1/t30-,36?/m0/s1. The fourth-order valence-electron chi connectivity index (χ4n) is 8.83. The van der Waals surface area contributed by atoms with Crippen molar-refractivity contribution >= 4 is 52.9 Å². The molecule has 58 heavy (non-hydrogen) atoms. The number of anilines is 2. The van der Waals surface area contributed by atoms with Crippen molar-refractivity contribution in [1.82, 2.24) is 39.5 Å². The number of hydrogen-bond acceptors (Lipinski definition) is 12. The first kappa shape index (κ1) is 39.6. The Hall–Kier alpha value is -5.25. The number of piperidine rings is 1. The lowest BCUT2D eigenvalue weighted by molar-refractivity contribution is -0.136. The topological polar surface area (TPSA) is 138 Å². The van der Waals surface area contributed by atoms with E-state index in [0.29, 0.717) is 17.2 Å². The minimum atomic E-state index is -0.958. The first-order chi connectivity index (χ1) is 28.0. The number of benzene rings is 2. The van der Waals surface area contributed by atoms with Crippen molar-refractivity contribution in [2.45, 2.75) is 64.6 Å². The Kier molecular flexibility index (Phi) is 11.5. The number of imide groups is 2. The van der Waals surface area contributed by atoms with Crippen molar-refractivity contribution in [1.29, 1.82) is 0 Å². The molecule has 0 saturated carbocycles. The number of aromatic nitrogens is 2. The Balaban J connectivity index is 0.755. The molecule has 306 valence electrons. The summed E-state index contributed by atoms with van der Waals surface area (Å²) in [5, 5.41) is 2.25. The molecule has 0 bridgehead atoms. The normalized spacial score (nSPS) is 21.6. The fourth-order valence-corrected chi connectivity index (χ4v) is 8.83. The van der Waals surface area contributed by atoms with Gasteiger partial charge in [0.15, 0.2) is 0 Å². The van der Waals surface area contributed by atoms with E-state index in [9.17, 15) is 19.2 Å². The smallest absolute Gasteiger partial charge is 0.333 e. The number of piperazine rings is 2. The highest BCUT2D eigenvalue weighted by atomic mass is 16.5. The summed E-state index contributed by atoms with van der Waals surface area (Å²) in [6, 6.07) is 13.2. The lowest BCUT2D eigenvalue weighted by Gasteiger charge is -2.40. The summed E-state index contributed by atoms with van der Waals surface area (Å²) in [5.74, 6) is 0.784. The number of carbonyl (C=O) groups is 4. The second-order valence-electron chi connectivity index (χ2n) is 16.4. The predicted molar refractivity (Wildman–Crippen MR) is 223 cm³/mol. The largest absolute Gasteiger partial charge is 0.491 e. The van der Waals surface area contributed by atoms with Crippen LogP contribution in [0.2, 0.25) is 0 Å². The zero-order valence-electron chi connectivity index (χ0n) is 34.1. The van der Waals surface area contributed by atoms with Crippen LogP contribution in [0.3, 0.4) is 0 Å². The van der Waals surface area contributed by atoms with Gasteiger partial charge in [-0.25, -0.2) is 0 Å². The van der Waals surface area contributed by atoms with Gasteiger partial charge < -0.3 is 19.4 Å². The predicted octanol–water partition coefficient (Wildman–Crippen LogP) is 2.78. The van der Waals surface area contributed by atoms with Gasteiger partial charge in [0.2, 0.25) is 18.1 Å². The number of likely N-dealkylation sites (N-methyl/N-ethyl adjacent to an activating group) is 1. The van der Waals surface area contributed by atoms with E-state index in [1.165, 1.54) is 5.56 Å². The highest BCUT2D eigenvalue weighted by molar-refractivity contribution is 6.23. The molecule has 8 rings (SSSR count). The lowest BCUT2D eigenvalue weighted by Crippen LogP contribution is -2.54. The second kappa shape index (κ2) is 16.9. The van der Waals surface area contributed by atoms with Crippen molar-refractivity contribution in [2.75, 3.05) is 88.8 Å².